The van der Waals surface area contributed by atoms with Crippen LogP contribution in [0.1, 0.15) is 32.4 Å². The number of nitrogens with zero attached hydrogens (tertiary/aromatic N) is 1. The minimum atomic E-state index is -1.21. The number of carbonyl (C=O) groups excluding carboxylic acids is 1. The van der Waals surface area contributed by atoms with Crippen molar-refractivity contribution in [3.8, 4) is 0 Å². The van der Waals surface area contributed by atoms with Gasteiger partial charge in [-0.15, -0.1) is 0 Å². The van der Waals surface area contributed by atoms with Crippen LogP contribution in [0.4, 0.5) is 4.79 Å². The molecule has 21 heavy (non-hydrogen) atoms. The van der Waals surface area contributed by atoms with E-state index in [1.807, 2.05) is 0 Å². The molecule has 1 aromatic carbocycles. The standard InChI is InChI=1S/C14H17Cl2NO4/c1-14(2,3)21-13(20)17(4)11(12(18)19)8-5-6-9(15)10(16)7-8/h5-7,11H,1-4H3,(H,18,19). The minimum absolute atomic E-state index is 0.220. The molecule has 0 saturated heterocycles. The summed E-state index contributed by atoms with van der Waals surface area (Å²) in [7, 11) is 1.36. The first-order valence-electron chi connectivity index (χ1n) is 6.16. The third-order valence-corrected chi connectivity index (χ3v) is 3.30. The summed E-state index contributed by atoms with van der Waals surface area (Å²) < 4.78 is 5.17. The third-order valence-electron chi connectivity index (χ3n) is 2.56. The van der Waals surface area contributed by atoms with Crippen LogP contribution in [0.15, 0.2) is 18.2 Å². The van der Waals surface area contributed by atoms with E-state index in [4.69, 9.17) is 27.9 Å². The minimum Gasteiger partial charge on any atom is -0.479 e. The average Bonchev–Trinajstić information content (AvgIpc) is 2.31. The molecule has 0 fully saturated rings. The van der Waals surface area contributed by atoms with Crippen LogP contribution < -0.4 is 0 Å². The Hall–Kier alpha value is -1.46. The molecule has 0 spiro atoms. The van der Waals surface area contributed by atoms with E-state index >= 15 is 0 Å². The van der Waals surface area contributed by atoms with Crippen molar-refractivity contribution in [3.05, 3.63) is 33.8 Å². The highest BCUT2D eigenvalue weighted by Gasteiger charge is 2.31. The number of rotatable bonds is 3. The van der Waals surface area contributed by atoms with Gasteiger partial charge in [0.2, 0.25) is 0 Å². The zero-order valence-corrected chi connectivity index (χ0v) is 13.7. The van der Waals surface area contributed by atoms with Gasteiger partial charge in [0, 0.05) is 7.05 Å². The maximum atomic E-state index is 12.0. The molecule has 0 aliphatic carbocycles. The van der Waals surface area contributed by atoms with Gasteiger partial charge < -0.3 is 9.84 Å². The molecule has 1 aromatic rings. The van der Waals surface area contributed by atoms with Gasteiger partial charge in [-0.25, -0.2) is 9.59 Å². The van der Waals surface area contributed by atoms with Gasteiger partial charge in [0.25, 0.3) is 0 Å². The lowest BCUT2D eigenvalue weighted by Crippen LogP contribution is -2.39. The lowest BCUT2D eigenvalue weighted by molar-refractivity contribution is -0.142. The number of hydrogen-bond acceptors (Lipinski definition) is 3. The smallest absolute Gasteiger partial charge is 0.411 e. The van der Waals surface area contributed by atoms with Gasteiger partial charge >= 0.3 is 12.1 Å². The molecule has 116 valence electrons. The summed E-state index contributed by atoms with van der Waals surface area (Å²) in [6.45, 7) is 5.11. The van der Waals surface area contributed by atoms with Crippen molar-refractivity contribution < 1.29 is 19.4 Å². The van der Waals surface area contributed by atoms with Gasteiger partial charge in [0.05, 0.1) is 10.0 Å². The van der Waals surface area contributed by atoms with E-state index in [2.05, 4.69) is 0 Å². The van der Waals surface area contributed by atoms with Gasteiger partial charge in [-0.3, -0.25) is 4.90 Å². The third kappa shape index (κ3) is 4.79. The number of amides is 1. The van der Waals surface area contributed by atoms with E-state index in [1.165, 1.54) is 25.2 Å². The van der Waals surface area contributed by atoms with Crippen LogP contribution in [0.5, 0.6) is 0 Å². The predicted octanol–water partition coefficient (Wildman–Crippen LogP) is 3.99. The first-order valence-corrected chi connectivity index (χ1v) is 6.92. The number of ether oxygens (including phenoxy) is 1. The molecule has 1 rings (SSSR count). The molecule has 1 unspecified atom stereocenters. The Morgan fingerprint density at radius 3 is 2.24 bits per heavy atom. The van der Waals surface area contributed by atoms with Crippen molar-refractivity contribution in [3.63, 3.8) is 0 Å². The first-order chi connectivity index (χ1) is 9.53. The van der Waals surface area contributed by atoms with E-state index in [9.17, 15) is 14.7 Å². The fraction of sp³-hybridized carbons (Fsp3) is 0.429. The quantitative estimate of drug-likeness (QED) is 0.908. The summed E-state index contributed by atoms with van der Waals surface area (Å²) in [4.78, 5) is 24.5. The van der Waals surface area contributed by atoms with E-state index in [0.717, 1.165) is 4.90 Å². The molecule has 0 saturated carbocycles. The Morgan fingerprint density at radius 2 is 1.81 bits per heavy atom. The lowest BCUT2D eigenvalue weighted by Gasteiger charge is -2.28. The number of carboxylic acids is 1. The maximum Gasteiger partial charge on any atom is 0.411 e. The highest BCUT2D eigenvalue weighted by Crippen LogP contribution is 2.29. The van der Waals surface area contributed by atoms with Crippen molar-refractivity contribution >= 4 is 35.3 Å². The van der Waals surface area contributed by atoms with Crippen LogP contribution in [0.25, 0.3) is 0 Å². The normalized spacial score (nSPS) is 12.7. The highest BCUT2D eigenvalue weighted by atomic mass is 35.5. The Kier molecular flexibility index (Phi) is 5.48. The summed E-state index contributed by atoms with van der Waals surface area (Å²) >= 11 is 11.7. The number of carbonyl (C=O) groups is 2. The summed E-state index contributed by atoms with van der Waals surface area (Å²) in [5, 5.41) is 9.91. The van der Waals surface area contributed by atoms with Gasteiger partial charge in [-0.05, 0) is 38.5 Å². The zero-order chi connectivity index (χ0) is 16.4. The number of aliphatic carboxylic acids is 1. The van der Waals surface area contributed by atoms with Crippen LogP contribution in [-0.2, 0) is 9.53 Å². The molecule has 0 aliphatic rings. The van der Waals surface area contributed by atoms with Crippen molar-refractivity contribution in [2.75, 3.05) is 7.05 Å². The molecule has 0 bridgehead atoms. The SMILES string of the molecule is CN(C(=O)OC(C)(C)C)C(C(=O)O)c1ccc(Cl)c(Cl)c1. The zero-order valence-electron chi connectivity index (χ0n) is 12.2. The Balaban J connectivity index is 3.09. The Morgan fingerprint density at radius 1 is 1.24 bits per heavy atom. The van der Waals surface area contributed by atoms with Crippen LogP contribution in [0.3, 0.4) is 0 Å². The molecule has 0 radical (unpaired) electrons. The number of carboxylic acid groups (broad SMARTS) is 1. The van der Waals surface area contributed by atoms with Crippen LogP contribution >= 0.6 is 23.2 Å². The molecular weight excluding hydrogens is 317 g/mol. The second kappa shape index (κ2) is 6.54. The summed E-state index contributed by atoms with van der Waals surface area (Å²) in [6.07, 6.45) is -0.735. The van der Waals surface area contributed by atoms with Crippen LogP contribution in [0.2, 0.25) is 10.0 Å². The fourth-order valence-corrected chi connectivity index (χ4v) is 1.96. The van der Waals surface area contributed by atoms with Crippen LogP contribution in [-0.4, -0.2) is 34.7 Å². The van der Waals surface area contributed by atoms with E-state index in [1.54, 1.807) is 20.8 Å². The molecule has 1 atom stereocenters. The van der Waals surface area contributed by atoms with E-state index < -0.39 is 23.7 Å². The van der Waals surface area contributed by atoms with Gasteiger partial charge in [-0.1, -0.05) is 29.3 Å². The van der Waals surface area contributed by atoms with E-state index in [-0.39, 0.29) is 5.02 Å². The predicted molar refractivity (Wildman–Crippen MR) is 80.8 cm³/mol. The van der Waals surface area contributed by atoms with Crippen molar-refractivity contribution in [1.29, 1.82) is 0 Å². The van der Waals surface area contributed by atoms with Crippen LogP contribution in [0, 0.1) is 0 Å². The molecular formula is C14H17Cl2NO4. The molecule has 1 amide bonds. The average molecular weight is 334 g/mol. The molecule has 0 aliphatic heterocycles. The molecule has 0 heterocycles. The van der Waals surface area contributed by atoms with Gasteiger partial charge in [0.1, 0.15) is 5.60 Å². The molecule has 5 nitrogen and oxygen atoms in total. The molecule has 0 aromatic heterocycles. The van der Waals surface area contributed by atoms with E-state index in [0.29, 0.717) is 10.6 Å². The summed E-state index contributed by atoms with van der Waals surface area (Å²) in [5.74, 6) is -1.19. The van der Waals surface area contributed by atoms with Crippen molar-refractivity contribution in [2.45, 2.75) is 32.4 Å². The van der Waals surface area contributed by atoms with Gasteiger partial charge in [0.15, 0.2) is 6.04 Å². The topological polar surface area (TPSA) is 66.8 Å². The number of benzene rings is 1. The highest BCUT2D eigenvalue weighted by molar-refractivity contribution is 6.42. The second-order valence-electron chi connectivity index (χ2n) is 5.51. The summed E-state index contributed by atoms with van der Waals surface area (Å²) in [5.41, 5.74) is -0.378. The number of likely N-dealkylation sites (N-methyl/N-ethyl adjacent to an activating group) is 1. The monoisotopic (exact) mass is 333 g/mol. The maximum absolute atomic E-state index is 12.0. The Bertz CT molecular complexity index is 554. The largest absolute Gasteiger partial charge is 0.479 e. The Labute approximate surface area is 133 Å². The molecule has 7 heteroatoms. The summed E-state index contributed by atoms with van der Waals surface area (Å²) in [6, 6.07) is 3.20. The second-order valence-corrected chi connectivity index (χ2v) is 6.32. The first kappa shape index (κ1) is 17.6. The lowest BCUT2D eigenvalue weighted by atomic mass is 10.1. The van der Waals surface area contributed by atoms with Crippen molar-refractivity contribution in [2.24, 2.45) is 0 Å². The van der Waals surface area contributed by atoms with Gasteiger partial charge in [-0.2, -0.15) is 0 Å². The van der Waals surface area contributed by atoms with Crippen molar-refractivity contribution in [1.82, 2.24) is 4.90 Å². The fourth-order valence-electron chi connectivity index (χ4n) is 1.65. The molecule has 1 N–H and O–H groups in total. The number of halogens is 2. The number of hydrogen-bond donors (Lipinski definition) is 1.